The minimum atomic E-state index is -0.00594. The maximum Gasteiger partial charge on any atom is 0.266 e. The molecule has 1 aliphatic heterocycles. The molecule has 158 valence electrons. The Kier molecular flexibility index (Phi) is 7.66. The smallest absolute Gasteiger partial charge is 0.266 e. The second-order valence-electron chi connectivity index (χ2n) is 7.49. The maximum absolute atomic E-state index is 12.9. The Morgan fingerprint density at radius 2 is 1.87 bits per heavy atom. The van der Waals surface area contributed by atoms with Crippen molar-refractivity contribution in [2.75, 3.05) is 0 Å². The number of ether oxygens (including phenoxy) is 1. The van der Waals surface area contributed by atoms with E-state index in [4.69, 9.17) is 16.3 Å². The summed E-state index contributed by atoms with van der Waals surface area (Å²) in [4.78, 5) is 19.9. The van der Waals surface area contributed by atoms with Gasteiger partial charge in [0.15, 0.2) is 5.17 Å². The highest BCUT2D eigenvalue weighted by molar-refractivity contribution is 9.10. The Balaban J connectivity index is 1.76. The van der Waals surface area contributed by atoms with Gasteiger partial charge in [-0.25, -0.2) is 0 Å². The normalized spacial score (nSPS) is 17.1. The van der Waals surface area contributed by atoms with Gasteiger partial charge in [0, 0.05) is 17.1 Å². The highest BCUT2D eigenvalue weighted by Gasteiger charge is 2.35. The van der Waals surface area contributed by atoms with Crippen LogP contribution >= 0.6 is 39.3 Å². The number of nitrogens with zero attached hydrogens (tertiary/aromatic N) is 2. The van der Waals surface area contributed by atoms with Gasteiger partial charge in [-0.1, -0.05) is 29.8 Å². The van der Waals surface area contributed by atoms with E-state index in [-0.39, 0.29) is 18.0 Å². The quantitative estimate of drug-likeness (QED) is 0.405. The molecular formula is C23H24BrClN2O2S. The number of amides is 1. The van der Waals surface area contributed by atoms with Gasteiger partial charge >= 0.3 is 0 Å². The summed E-state index contributed by atoms with van der Waals surface area (Å²) in [5.41, 5.74) is 1.96. The van der Waals surface area contributed by atoms with Crippen molar-refractivity contribution in [3.05, 3.63) is 68.0 Å². The van der Waals surface area contributed by atoms with Crippen molar-refractivity contribution in [3.8, 4) is 5.75 Å². The van der Waals surface area contributed by atoms with Gasteiger partial charge in [-0.05, 0) is 96.9 Å². The Hall–Kier alpha value is -1.76. The zero-order valence-corrected chi connectivity index (χ0v) is 20.5. The van der Waals surface area contributed by atoms with Gasteiger partial charge < -0.3 is 4.74 Å². The minimum absolute atomic E-state index is 0.00594. The van der Waals surface area contributed by atoms with Crippen LogP contribution in [-0.2, 0) is 11.4 Å². The van der Waals surface area contributed by atoms with Crippen molar-refractivity contribution in [2.24, 2.45) is 4.99 Å². The second kappa shape index (κ2) is 10.0. The van der Waals surface area contributed by atoms with E-state index in [2.05, 4.69) is 20.9 Å². The van der Waals surface area contributed by atoms with Crippen molar-refractivity contribution in [3.63, 3.8) is 0 Å². The summed E-state index contributed by atoms with van der Waals surface area (Å²) < 4.78 is 6.74. The maximum atomic E-state index is 12.9. The summed E-state index contributed by atoms with van der Waals surface area (Å²) in [5.74, 6) is 0.733. The van der Waals surface area contributed by atoms with E-state index in [1.165, 1.54) is 11.8 Å². The molecule has 2 aromatic carbocycles. The number of rotatable bonds is 6. The summed E-state index contributed by atoms with van der Waals surface area (Å²) in [6, 6.07) is 13.6. The Labute approximate surface area is 195 Å². The predicted octanol–water partition coefficient (Wildman–Crippen LogP) is 6.77. The van der Waals surface area contributed by atoms with Crippen LogP contribution in [-0.4, -0.2) is 28.1 Å². The van der Waals surface area contributed by atoms with Crippen LogP contribution < -0.4 is 4.74 Å². The van der Waals surface area contributed by atoms with Crippen LogP contribution in [0, 0.1) is 0 Å². The molecule has 0 N–H and O–H groups in total. The lowest BCUT2D eigenvalue weighted by Gasteiger charge is -2.20. The molecule has 0 aromatic heterocycles. The molecule has 0 atom stereocenters. The van der Waals surface area contributed by atoms with Crippen LogP contribution in [0.4, 0.5) is 0 Å². The molecule has 1 amide bonds. The third kappa shape index (κ3) is 5.68. The number of hydrogen-bond donors (Lipinski definition) is 0. The lowest BCUT2D eigenvalue weighted by molar-refractivity contribution is -0.123. The molecular weight excluding hydrogens is 484 g/mol. The summed E-state index contributed by atoms with van der Waals surface area (Å²) in [6.45, 7) is 8.47. The average Bonchev–Trinajstić information content (AvgIpc) is 2.96. The van der Waals surface area contributed by atoms with E-state index in [0.29, 0.717) is 16.5 Å². The molecule has 1 saturated heterocycles. The van der Waals surface area contributed by atoms with Crippen LogP contribution in [0.15, 0.2) is 56.8 Å². The molecule has 7 heteroatoms. The van der Waals surface area contributed by atoms with Crippen LogP contribution in [0.1, 0.15) is 38.8 Å². The number of halogens is 2. The second-order valence-corrected chi connectivity index (χ2v) is 9.79. The molecule has 4 nitrogen and oxygen atoms in total. The molecule has 1 fully saturated rings. The molecule has 0 radical (unpaired) electrons. The number of thioether (sulfide) groups is 1. The largest absolute Gasteiger partial charge is 0.488 e. The SMILES string of the molecule is CC(C)N=C1S/C(=C/c2ccc(OCc3ccc(Cl)cc3)c(Br)c2)C(=O)N1C(C)C. The fourth-order valence-electron chi connectivity index (χ4n) is 2.87. The van der Waals surface area contributed by atoms with Crippen molar-refractivity contribution in [1.82, 2.24) is 4.90 Å². The van der Waals surface area contributed by atoms with Gasteiger partial charge in [-0.15, -0.1) is 0 Å². The molecule has 0 aliphatic carbocycles. The number of hydrogen-bond acceptors (Lipinski definition) is 4. The summed E-state index contributed by atoms with van der Waals surface area (Å²) in [6.07, 6.45) is 1.90. The lowest BCUT2D eigenvalue weighted by atomic mass is 10.2. The van der Waals surface area contributed by atoms with E-state index in [1.54, 1.807) is 4.90 Å². The van der Waals surface area contributed by atoms with Crippen LogP contribution in [0.3, 0.4) is 0 Å². The molecule has 0 spiro atoms. The first-order valence-electron chi connectivity index (χ1n) is 9.72. The fraction of sp³-hybridized carbons (Fsp3) is 0.304. The Bertz CT molecular complexity index is 987. The minimum Gasteiger partial charge on any atom is -0.488 e. The molecule has 0 saturated carbocycles. The van der Waals surface area contributed by atoms with E-state index >= 15 is 0 Å². The molecule has 30 heavy (non-hydrogen) atoms. The number of benzene rings is 2. The number of carbonyl (C=O) groups excluding carboxylic acids is 1. The van der Waals surface area contributed by atoms with Crippen LogP contribution in [0.25, 0.3) is 6.08 Å². The zero-order chi connectivity index (χ0) is 21.8. The fourth-order valence-corrected chi connectivity index (χ4v) is 4.74. The van der Waals surface area contributed by atoms with Gasteiger partial charge in [0.25, 0.3) is 5.91 Å². The van der Waals surface area contributed by atoms with E-state index in [0.717, 1.165) is 26.5 Å². The lowest BCUT2D eigenvalue weighted by Crippen LogP contribution is -2.35. The van der Waals surface area contributed by atoms with Crippen molar-refractivity contribution >= 4 is 56.4 Å². The van der Waals surface area contributed by atoms with Crippen molar-refractivity contribution in [1.29, 1.82) is 0 Å². The van der Waals surface area contributed by atoms with Crippen molar-refractivity contribution < 1.29 is 9.53 Å². The number of carbonyl (C=O) groups is 1. The van der Waals surface area contributed by atoms with E-state index < -0.39 is 0 Å². The first-order valence-corrected chi connectivity index (χ1v) is 11.7. The van der Waals surface area contributed by atoms with Gasteiger partial charge in [-0.3, -0.25) is 14.7 Å². The number of aliphatic imine (C=N–C) groups is 1. The average molecular weight is 508 g/mol. The first kappa shape index (κ1) is 22.9. The van der Waals surface area contributed by atoms with Crippen molar-refractivity contribution in [2.45, 2.75) is 46.4 Å². The monoisotopic (exact) mass is 506 g/mol. The Morgan fingerprint density at radius 3 is 2.47 bits per heavy atom. The summed E-state index contributed by atoms with van der Waals surface area (Å²) >= 11 is 10.9. The summed E-state index contributed by atoms with van der Waals surface area (Å²) in [5, 5.41) is 1.47. The molecule has 1 aliphatic rings. The van der Waals surface area contributed by atoms with E-state index in [9.17, 15) is 4.79 Å². The molecule has 3 rings (SSSR count). The van der Waals surface area contributed by atoms with Gasteiger partial charge in [0.05, 0.1) is 9.38 Å². The highest BCUT2D eigenvalue weighted by atomic mass is 79.9. The van der Waals surface area contributed by atoms with Gasteiger partial charge in [-0.2, -0.15) is 0 Å². The predicted molar refractivity (Wildman–Crippen MR) is 130 cm³/mol. The van der Waals surface area contributed by atoms with Gasteiger partial charge in [0.1, 0.15) is 12.4 Å². The molecule has 2 aromatic rings. The third-order valence-electron chi connectivity index (χ3n) is 4.28. The highest BCUT2D eigenvalue weighted by Crippen LogP contribution is 2.35. The number of amidine groups is 1. The molecule has 1 heterocycles. The van der Waals surface area contributed by atoms with Gasteiger partial charge in [0.2, 0.25) is 0 Å². The van der Waals surface area contributed by atoms with Crippen LogP contribution in [0.5, 0.6) is 5.75 Å². The zero-order valence-electron chi connectivity index (χ0n) is 17.4. The topological polar surface area (TPSA) is 41.9 Å². The molecule has 0 unspecified atom stereocenters. The first-order chi connectivity index (χ1) is 14.2. The third-order valence-corrected chi connectivity index (χ3v) is 6.15. The summed E-state index contributed by atoms with van der Waals surface area (Å²) in [7, 11) is 0. The Morgan fingerprint density at radius 1 is 1.17 bits per heavy atom. The van der Waals surface area contributed by atoms with E-state index in [1.807, 2.05) is 76.2 Å². The standard InChI is InChI=1S/C23H24BrClN2O2S/c1-14(2)26-23-27(15(3)4)22(28)21(30-23)12-17-7-10-20(19(24)11-17)29-13-16-5-8-18(25)9-6-16/h5-12,14-15H,13H2,1-4H3/b21-12+,26-23?. The molecule has 0 bridgehead atoms. The van der Waals surface area contributed by atoms with Crippen LogP contribution in [0.2, 0.25) is 5.02 Å².